The molecule has 124 valence electrons. The van der Waals surface area contributed by atoms with Gasteiger partial charge in [0.1, 0.15) is 5.03 Å². The average molecular weight is 437 g/mol. The lowest BCUT2D eigenvalue weighted by molar-refractivity contribution is -0.137. The minimum atomic E-state index is -4.50. The SMILES string of the molecule is FC(F)(F)c1cnc(Sc2nnc(-c3ccccc3Br)o2)c(Cl)c1. The molecule has 0 spiro atoms. The van der Waals surface area contributed by atoms with E-state index in [4.69, 9.17) is 16.0 Å². The molecule has 2 aromatic heterocycles. The molecule has 0 saturated carbocycles. The highest BCUT2D eigenvalue weighted by molar-refractivity contribution is 9.10. The third-order valence-electron chi connectivity index (χ3n) is 2.83. The Bertz CT molecular complexity index is 888. The van der Waals surface area contributed by atoms with Crippen molar-refractivity contribution in [2.75, 3.05) is 0 Å². The first-order valence-corrected chi connectivity index (χ1v) is 8.32. The van der Waals surface area contributed by atoms with Crippen molar-refractivity contribution in [3.05, 3.63) is 51.6 Å². The highest BCUT2D eigenvalue weighted by atomic mass is 79.9. The Balaban J connectivity index is 1.84. The molecule has 0 bridgehead atoms. The summed E-state index contributed by atoms with van der Waals surface area (Å²) >= 11 is 10.1. The van der Waals surface area contributed by atoms with E-state index in [-0.39, 0.29) is 21.2 Å². The maximum Gasteiger partial charge on any atom is 0.417 e. The average Bonchev–Trinajstić information content (AvgIpc) is 2.97. The van der Waals surface area contributed by atoms with Crippen LogP contribution in [0.2, 0.25) is 5.02 Å². The molecule has 0 atom stereocenters. The van der Waals surface area contributed by atoms with Gasteiger partial charge in [-0.1, -0.05) is 23.7 Å². The van der Waals surface area contributed by atoms with E-state index in [2.05, 4.69) is 31.1 Å². The Morgan fingerprint density at radius 2 is 1.92 bits per heavy atom. The molecule has 0 unspecified atom stereocenters. The molecule has 0 radical (unpaired) electrons. The molecule has 0 N–H and O–H groups in total. The molecule has 1 aromatic carbocycles. The van der Waals surface area contributed by atoms with Crippen molar-refractivity contribution in [1.29, 1.82) is 0 Å². The Morgan fingerprint density at radius 1 is 1.17 bits per heavy atom. The Hall–Kier alpha value is -1.58. The lowest BCUT2D eigenvalue weighted by atomic mass is 10.2. The van der Waals surface area contributed by atoms with Gasteiger partial charge in [-0.25, -0.2) is 4.98 Å². The van der Waals surface area contributed by atoms with Gasteiger partial charge in [0.15, 0.2) is 0 Å². The van der Waals surface area contributed by atoms with Gasteiger partial charge in [0.05, 0.1) is 16.1 Å². The summed E-state index contributed by atoms with van der Waals surface area (Å²) < 4.78 is 44.1. The molecule has 0 fully saturated rings. The van der Waals surface area contributed by atoms with Crippen molar-refractivity contribution in [3.8, 4) is 11.5 Å². The molecule has 0 amide bonds. The summed E-state index contributed by atoms with van der Waals surface area (Å²) in [5.74, 6) is 0.271. The molecule has 0 aliphatic carbocycles. The highest BCUT2D eigenvalue weighted by Gasteiger charge is 2.31. The molecule has 0 aliphatic heterocycles. The third-order valence-corrected chi connectivity index (χ3v) is 4.78. The van der Waals surface area contributed by atoms with E-state index < -0.39 is 11.7 Å². The van der Waals surface area contributed by atoms with Gasteiger partial charge in [-0.2, -0.15) is 13.2 Å². The van der Waals surface area contributed by atoms with Crippen LogP contribution in [0.25, 0.3) is 11.5 Å². The van der Waals surface area contributed by atoms with Gasteiger partial charge < -0.3 is 4.42 Å². The molecular weight excluding hydrogens is 431 g/mol. The maximum absolute atomic E-state index is 12.6. The van der Waals surface area contributed by atoms with E-state index in [1.54, 1.807) is 6.07 Å². The molecule has 10 heteroatoms. The van der Waals surface area contributed by atoms with Crippen molar-refractivity contribution in [2.45, 2.75) is 16.4 Å². The standard InChI is InChI=1S/C14H6BrClF3N3OS/c15-9-4-2-1-3-8(9)11-21-22-13(23-11)24-12-10(16)5-7(6-20-12)14(17,18)19/h1-6H. The van der Waals surface area contributed by atoms with Crippen LogP contribution in [-0.2, 0) is 6.18 Å². The van der Waals surface area contributed by atoms with E-state index in [1.165, 1.54) is 0 Å². The van der Waals surface area contributed by atoms with E-state index in [9.17, 15) is 13.2 Å². The Kier molecular flexibility index (Phi) is 4.84. The maximum atomic E-state index is 12.6. The van der Waals surface area contributed by atoms with Gasteiger partial charge >= 0.3 is 6.18 Å². The Labute approximate surface area is 151 Å². The topological polar surface area (TPSA) is 51.8 Å². The van der Waals surface area contributed by atoms with Gasteiger partial charge in [-0.05, 0) is 45.9 Å². The molecular formula is C14H6BrClF3N3OS. The summed E-state index contributed by atoms with van der Waals surface area (Å²) in [5, 5.41) is 7.88. The second kappa shape index (κ2) is 6.73. The number of nitrogens with zero attached hydrogens (tertiary/aromatic N) is 3. The quantitative estimate of drug-likeness (QED) is 0.526. The fourth-order valence-corrected chi connectivity index (χ4v) is 3.10. The largest absolute Gasteiger partial charge is 0.417 e. The van der Waals surface area contributed by atoms with Crippen LogP contribution in [-0.4, -0.2) is 15.2 Å². The van der Waals surface area contributed by atoms with Crippen LogP contribution in [0, 0.1) is 0 Å². The molecule has 2 heterocycles. The van der Waals surface area contributed by atoms with Crippen molar-refractivity contribution in [2.24, 2.45) is 0 Å². The highest BCUT2D eigenvalue weighted by Crippen LogP contribution is 2.37. The predicted molar refractivity (Wildman–Crippen MR) is 85.8 cm³/mol. The number of alkyl halides is 3. The fraction of sp³-hybridized carbons (Fsp3) is 0.0714. The first kappa shape index (κ1) is 17.2. The lowest BCUT2D eigenvalue weighted by Gasteiger charge is -2.07. The molecule has 0 aliphatic rings. The first-order valence-electron chi connectivity index (χ1n) is 6.33. The molecule has 3 aromatic rings. The number of hydrogen-bond acceptors (Lipinski definition) is 5. The summed E-state index contributed by atoms with van der Waals surface area (Å²) in [6.45, 7) is 0. The van der Waals surface area contributed by atoms with Gasteiger partial charge in [0, 0.05) is 10.7 Å². The van der Waals surface area contributed by atoms with Crippen molar-refractivity contribution in [3.63, 3.8) is 0 Å². The van der Waals surface area contributed by atoms with E-state index in [1.807, 2.05) is 18.2 Å². The zero-order valence-electron chi connectivity index (χ0n) is 11.5. The molecule has 4 nitrogen and oxygen atoms in total. The molecule has 0 saturated heterocycles. The first-order chi connectivity index (χ1) is 11.3. The summed E-state index contributed by atoms with van der Waals surface area (Å²) in [4.78, 5) is 3.71. The van der Waals surface area contributed by atoms with Gasteiger partial charge in [-0.15, -0.1) is 10.2 Å². The number of rotatable bonds is 3. The minimum absolute atomic E-state index is 0.120. The number of halogens is 5. The minimum Gasteiger partial charge on any atom is -0.411 e. The molecule has 3 rings (SSSR count). The van der Waals surface area contributed by atoms with Crippen molar-refractivity contribution >= 4 is 39.3 Å². The van der Waals surface area contributed by atoms with Gasteiger partial charge in [0.2, 0.25) is 5.89 Å². The van der Waals surface area contributed by atoms with Crippen LogP contribution < -0.4 is 0 Å². The van der Waals surface area contributed by atoms with E-state index >= 15 is 0 Å². The predicted octanol–water partition coefficient (Wildman–Crippen LogP) is 5.72. The van der Waals surface area contributed by atoms with Crippen molar-refractivity contribution in [1.82, 2.24) is 15.2 Å². The van der Waals surface area contributed by atoms with E-state index in [0.717, 1.165) is 22.3 Å². The van der Waals surface area contributed by atoms with Crippen LogP contribution in [0.15, 0.2) is 55.7 Å². The monoisotopic (exact) mass is 435 g/mol. The zero-order chi connectivity index (χ0) is 17.3. The van der Waals surface area contributed by atoms with Crippen LogP contribution in [0.5, 0.6) is 0 Å². The smallest absolute Gasteiger partial charge is 0.411 e. The number of pyridine rings is 1. The second-order valence-corrected chi connectivity index (χ2v) is 6.67. The van der Waals surface area contributed by atoms with Gasteiger partial charge in [0.25, 0.3) is 5.22 Å². The summed E-state index contributed by atoms with van der Waals surface area (Å²) in [6, 6.07) is 8.06. The second-order valence-electron chi connectivity index (χ2n) is 4.46. The van der Waals surface area contributed by atoms with Crippen LogP contribution in [0.4, 0.5) is 13.2 Å². The van der Waals surface area contributed by atoms with Crippen LogP contribution >= 0.6 is 39.3 Å². The fourth-order valence-electron chi connectivity index (χ4n) is 1.73. The van der Waals surface area contributed by atoms with Crippen LogP contribution in [0.3, 0.4) is 0 Å². The number of benzene rings is 1. The number of hydrogen-bond donors (Lipinski definition) is 0. The normalized spacial score (nSPS) is 11.7. The zero-order valence-corrected chi connectivity index (χ0v) is 14.7. The summed E-state index contributed by atoms with van der Waals surface area (Å²) in [7, 11) is 0. The third kappa shape index (κ3) is 3.73. The van der Waals surface area contributed by atoms with Gasteiger partial charge in [-0.3, -0.25) is 0 Å². The Morgan fingerprint density at radius 3 is 2.58 bits per heavy atom. The van der Waals surface area contributed by atoms with Crippen molar-refractivity contribution < 1.29 is 17.6 Å². The van der Waals surface area contributed by atoms with E-state index in [0.29, 0.717) is 11.8 Å². The van der Waals surface area contributed by atoms with Crippen LogP contribution in [0.1, 0.15) is 5.56 Å². The number of aromatic nitrogens is 3. The lowest BCUT2D eigenvalue weighted by Crippen LogP contribution is -2.05. The molecule has 24 heavy (non-hydrogen) atoms. The summed E-state index contributed by atoms with van der Waals surface area (Å²) in [5.41, 5.74) is -0.223. The summed E-state index contributed by atoms with van der Waals surface area (Å²) in [6.07, 6.45) is -3.80.